The number of nitrogens with zero attached hydrogens (tertiary/aromatic N) is 3. The number of fused-ring (bicyclic) bond motifs is 1. The number of hydrogen-bond donors (Lipinski definition) is 2. The van der Waals surface area contributed by atoms with E-state index in [2.05, 4.69) is 36.2 Å². The highest BCUT2D eigenvalue weighted by Gasteiger charge is 2.41. The fraction of sp³-hybridized carbons (Fsp3) is 0.381. The maximum atomic E-state index is 12.1. The highest BCUT2D eigenvalue weighted by molar-refractivity contribution is 6.02. The summed E-state index contributed by atoms with van der Waals surface area (Å²) in [6, 6.07) is 6.21. The van der Waals surface area contributed by atoms with Gasteiger partial charge in [0, 0.05) is 35.8 Å². The van der Waals surface area contributed by atoms with Crippen molar-refractivity contribution in [3.05, 3.63) is 48.5 Å². The van der Waals surface area contributed by atoms with Gasteiger partial charge in [-0.05, 0) is 36.3 Å². The van der Waals surface area contributed by atoms with Crippen LogP contribution >= 0.6 is 0 Å². The van der Waals surface area contributed by atoms with E-state index in [9.17, 15) is 4.79 Å². The van der Waals surface area contributed by atoms with E-state index in [4.69, 9.17) is 5.73 Å². The fourth-order valence-electron chi connectivity index (χ4n) is 4.02. The second-order valence-corrected chi connectivity index (χ2v) is 8.09. The smallest absolute Gasteiger partial charge is 0.252 e. The Hall–Kier alpha value is -2.89. The van der Waals surface area contributed by atoms with Gasteiger partial charge in [-0.15, -0.1) is 0 Å². The van der Waals surface area contributed by atoms with E-state index in [1.807, 2.05) is 30.6 Å². The van der Waals surface area contributed by atoms with Crippen molar-refractivity contribution in [1.82, 2.24) is 14.6 Å². The molecule has 3 heterocycles. The molecule has 1 unspecified atom stereocenters. The third-order valence-corrected chi connectivity index (χ3v) is 6.27. The highest BCUT2D eigenvalue weighted by atomic mass is 16.1. The summed E-state index contributed by atoms with van der Waals surface area (Å²) >= 11 is 0. The minimum absolute atomic E-state index is 0.133. The average molecular weight is 363 g/mol. The van der Waals surface area contributed by atoms with Gasteiger partial charge in [-0.1, -0.05) is 26.8 Å². The van der Waals surface area contributed by atoms with E-state index in [1.54, 1.807) is 16.9 Å². The number of nitrogens with two attached hydrogens (primary N) is 1. The van der Waals surface area contributed by atoms with Crippen molar-refractivity contribution in [1.29, 1.82) is 0 Å². The van der Waals surface area contributed by atoms with Crippen LogP contribution in [0.1, 0.15) is 44.0 Å². The average Bonchev–Trinajstić information content (AvgIpc) is 3.19. The van der Waals surface area contributed by atoms with Gasteiger partial charge >= 0.3 is 0 Å². The number of primary amides is 1. The van der Waals surface area contributed by atoms with Gasteiger partial charge < -0.3 is 11.1 Å². The first kappa shape index (κ1) is 17.5. The first-order valence-corrected chi connectivity index (χ1v) is 9.36. The van der Waals surface area contributed by atoms with Crippen molar-refractivity contribution in [2.75, 3.05) is 5.32 Å². The van der Waals surface area contributed by atoms with E-state index >= 15 is 0 Å². The lowest BCUT2D eigenvalue weighted by Gasteiger charge is -2.33. The lowest BCUT2D eigenvalue weighted by molar-refractivity contribution is 0.100. The molecule has 6 heteroatoms. The highest BCUT2D eigenvalue weighted by Crippen LogP contribution is 2.44. The Kier molecular flexibility index (Phi) is 4.13. The summed E-state index contributed by atoms with van der Waals surface area (Å²) in [6.07, 6.45) is 9.30. The van der Waals surface area contributed by atoms with Gasteiger partial charge in [0.25, 0.3) is 5.91 Å². The van der Waals surface area contributed by atoms with Crippen molar-refractivity contribution in [3.63, 3.8) is 0 Å². The van der Waals surface area contributed by atoms with Crippen LogP contribution in [0.3, 0.4) is 0 Å². The summed E-state index contributed by atoms with van der Waals surface area (Å²) in [5.74, 6) is 0.142. The van der Waals surface area contributed by atoms with Gasteiger partial charge in [0.1, 0.15) is 0 Å². The maximum Gasteiger partial charge on any atom is 0.252 e. The zero-order valence-corrected chi connectivity index (χ0v) is 15.9. The van der Waals surface area contributed by atoms with Gasteiger partial charge in [0.05, 0.1) is 23.0 Å². The molecule has 0 radical (unpaired) electrons. The number of anilines is 1. The Labute approximate surface area is 158 Å². The van der Waals surface area contributed by atoms with Crippen LogP contribution in [0.4, 0.5) is 5.69 Å². The Bertz CT molecular complexity index is 992. The number of rotatable bonds is 4. The first-order valence-electron chi connectivity index (χ1n) is 9.36. The molecule has 1 amide bonds. The predicted octanol–water partition coefficient (Wildman–Crippen LogP) is 3.73. The molecule has 6 nitrogen and oxygen atoms in total. The molecule has 2 atom stereocenters. The van der Waals surface area contributed by atoms with Crippen LogP contribution in [-0.4, -0.2) is 26.5 Å². The minimum Gasteiger partial charge on any atom is -0.379 e. The van der Waals surface area contributed by atoms with E-state index in [-0.39, 0.29) is 11.5 Å². The summed E-state index contributed by atoms with van der Waals surface area (Å²) in [4.78, 5) is 16.3. The lowest BCUT2D eigenvalue weighted by Crippen LogP contribution is -2.35. The van der Waals surface area contributed by atoms with Crippen LogP contribution in [0.5, 0.6) is 0 Å². The zero-order chi connectivity index (χ0) is 19.2. The van der Waals surface area contributed by atoms with Crippen molar-refractivity contribution in [3.8, 4) is 11.1 Å². The van der Waals surface area contributed by atoms with Crippen LogP contribution < -0.4 is 11.1 Å². The standard InChI is InChI=1S/C21H25N5O/c1-13-6-7-18(21(13,2)3)25-19-16(20(22)27)11-24-26-12-15(9-17(19)26)14-5-4-8-23-10-14/h4-5,8-13,18,25H,6-7H2,1-3H3,(H2,22,27)/t13?,18-/m1/s1. The monoisotopic (exact) mass is 363 g/mol. The molecular weight excluding hydrogens is 338 g/mol. The van der Waals surface area contributed by atoms with Crippen molar-refractivity contribution >= 4 is 17.1 Å². The number of hydrogen-bond acceptors (Lipinski definition) is 4. The van der Waals surface area contributed by atoms with Crippen LogP contribution in [0.25, 0.3) is 16.6 Å². The zero-order valence-electron chi connectivity index (χ0n) is 15.9. The molecule has 27 heavy (non-hydrogen) atoms. The Morgan fingerprint density at radius 2 is 2.11 bits per heavy atom. The summed E-state index contributed by atoms with van der Waals surface area (Å²) in [5, 5.41) is 8.03. The Morgan fingerprint density at radius 1 is 1.30 bits per heavy atom. The molecule has 140 valence electrons. The van der Waals surface area contributed by atoms with E-state index in [0.29, 0.717) is 11.5 Å². The maximum absolute atomic E-state index is 12.1. The summed E-state index contributed by atoms with van der Waals surface area (Å²) in [5.41, 5.74) is 9.83. The summed E-state index contributed by atoms with van der Waals surface area (Å²) in [6.45, 7) is 6.85. The summed E-state index contributed by atoms with van der Waals surface area (Å²) in [7, 11) is 0. The SMILES string of the molecule is CC1CC[C@@H](Nc2c(C(N)=O)cnn3cc(-c4cccnc4)cc23)C1(C)C. The van der Waals surface area contributed by atoms with Crippen LogP contribution in [0.2, 0.25) is 0 Å². The number of amides is 1. The van der Waals surface area contributed by atoms with Gasteiger partial charge in [-0.3, -0.25) is 9.78 Å². The molecule has 1 aliphatic carbocycles. The summed E-state index contributed by atoms with van der Waals surface area (Å²) < 4.78 is 1.79. The van der Waals surface area contributed by atoms with E-state index in [1.165, 1.54) is 6.42 Å². The van der Waals surface area contributed by atoms with Crippen LogP contribution in [0, 0.1) is 11.3 Å². The number of carbonyl (C=O) groups excluding carboxylic acids is 1. The fourth-order valence-corrected chi connectivity index (χ4v) is 4.02. The van der Waals surface area contributed by atoms with Gasteiger partial charge in [-0.25, -0.2) is 4.52 Å². The molecule has 0 spiro atoms. The quantitative estimate of drug-likeness (QED) is 0.739. The molecule has 0 saturated heterocycles. The number of pyridine rings is 1. The van der Waals surface area contributed by atoms with Crippen molar-refractivity contribution in [2.24, 2.45) is 17.1 Å². The molecule has 1 saturated carbocycles. The molecule has 3 aromatic rings. The molecule has 0 aromatic carbocycles. The first-order chi connectivity index (χ1) is 12.9. The third-order valence-electron chi connectivity index (χ3n) is 6.27. The molecular formula is C21H25N5O. The number of nitrogens with one attached hydrogen (secondary N) is 1. The van der Waals surface area contributed by atoms with Crippen molar-refractivity contribution in [2.45, 2.75) is 39.7 Å². The Morgan fingerprint density at radius 3 is 2.74 bits per heavy atom. The second-order valence-electron chi connectivity index (χ2n) is 8.09. The molecule has 0 bridgehead atoms. The largest absolute Gasteiger partial charge is 0.379 e. The van der Waals surface area contributed by atoms with Crippen LogP contribution in [-0.2, 0) is 0 Å². The normalized spacial score (nSPS) is 21.4. The van der Waals surface area contributed by atoms with E-state index in [0.717, 1.165) is 28.8 Å². The van der Waals surface area contributed by atoms with Crippen LogP contribution in [0.15, 0.2) is 43.0 Å². The van der Waals surface area contributed by atoms with Gasteiger partial charge in [0.15, 0.2) is 0 Å². The second kappa shape index (κ2) is 6.37. The molecule has 1 aliphatic rings. The molecule has 4 rings (SSSR count). The van der Waals surface area contributed by atoms with Crippen molar-refractivity contribution < 1.29 is 4.79 Å². The van der Waals surface area contributed by atoms with Gasteiger partial charge in [-0.2, -0.15) is 5.10 Å². The predicted molar refractivity (Wildman–Crippen MR) is 107 cm³/mol. The molecule has 3 aromatic heterocycles. The number of aromatic nitrogens is 3. The molecule has 3 N–H and O–H groups in total. The minimum atomic E-state index is -0.472. The third kappa shape index (κ3) is 2.95. The number of carbonyl (C=O) groups is 1. The molecule has 1 fully saturated rings. The topological polar surface area (TPSA) is 85.3 Å². The Balaban J connectivity index is 1.83. The van der Waals surface area contributed by atoms with E-state index < -0.39 is 5.91 Å². The molecule has 0 aliphatic heterocycles. The lowest BCUT2D eigenvalue weighted by atomic mass is 9.80. The van der Waals surface area contributed by atoms with Gasteiger partial charge in [0.2, 0.25) is 0 Å².